The number of nitrogens with zero attached hydrogens (tertiary/aromatic N) is 3. The first kappa shape index (κ1) is 20.3. The van der Waals surface area contributed by atoms with Gasteiger partial charge < -0.3 is 10.2 Å². The summed E-state index contributed by atoms with van der Waals surface area (Å²) in [6.45, 7) is 8.32. The average molecular weight is 381 g/mol. The molecule has 0 bridgehead atoms. The number of carbonyl (C=O) groups is 1. The third-order valence-corrected chi connectivity index (χ3v) is 5.60. The third-order valence-electron chi connectivity index (χ3n) is 5.60. The van der Waals surface area contributed by atoms with Crippen LogP contribution in [0.4, 0.5) is 5.82 Å². The summed E-state index contributed by atoms with van der Waals surface area (Å²) in [5, 5.41) is 12.2. The maximum atomic E-state index is 12.3. The molecular formula is C23H32N4O. The molecule has 150 valence electrons. The zero-order valence-electron chi connectivity index (χ0n) is 17.3. The number of rotatable bonds is 7. The molecule has 0 spiro atoms. The second-order valence-electron chi connectivity index (χ2n) is 8.15. The van der Waals surface area contributed by atoms with Gasteiger partial charge in [0, 0.05) is 31.1 Å². The van der Waals surface area contributed by atoms with E-state index < -0.39 is 0 Å². The van der Waals surface area contributed by atoms with Gasteiger partial charge in [-0.15, -0.1) is 10.2 Å². The fraction of sp³-hybridized carbons (Fsp3) is 0.522. The molecule has 1 aromatic carbocycles. The lowest BCUT2D eigenvalue weighted by molar-refractivity contribution is -0.122. The molecule has 0 unspecified atom stereocenters. The summed E-state index contributed by atoms with van der Waals surface area (Å²) >= 11 is 0. The van der Waals surface area contributed by atoms with Crippen LogP contribution in [0, 0.1) is 11.8 Å². The zero-order chi connectivity index (χ0) is 19.9. The van der Waals surface area contributed by atoms with Gasteiger partial charge in [-0.05, 0) is 43.2 Å². The smallest absolute Gasteiger partial charge is 0.220 e. The highest BCUT2D eigenvalue weighted by Gasteiger charge is 2.29. The molecule has 2 aromatic rings. The monoisotopic (exact) mass is 380 g/mol. The number of benzene rings is 1. The van der Waals surface area contributed by atoms with Crippen LogP contribution < -0.4 is 10.2 Å². The minimum absolute atomic E-state index is 0.192. The number of piperidine rings is 1. The Morgan fingerprint density at radius 1 is 1.18 bits per heavy atom. The van der Waals surface area contributed by atoms with Gasteiger partial charge in [-0.1, -0.05) is 51.1 Å². The first-order chi connectivity index (χ1) is 13.6. The Morgan fingerprint density at radius 3 is 2.61 bits per heavy atom. The van der Waals surface area contributed by atoms with Crippen molar-refractivity contribution in [3.63, 3.8) is 0 Å². The van der Waals surface area contributed by atoms with E-state index in [2.05, 4.69) is 47.3 Å². The van der Waals surface area contributed by atoms with Crippen LogP contribution >= 0.6 is 0 Å². The molecule has 0 saturated carbocycles. The molecule has 1 aliphatic rings. The summed E-state index contributed by atoms with van der Waals surface area (Å²) < 4.78 is 0. The summed E-state index contributed by atoms with van der Waals surface area (Å²) in [6.07, 6.45) is 3.57. The van der Waals surface area contributed by atoms with Gasteiger partial charge in [0.15, 0.2) is 5.82 Å². The summed E-state index contributed by atoms with van der Waals surface area (Å²) in [5.74, 6) is 2.11. The first-order valence-corrected chi connectivity index (χ1v) is 10.5. The average Bonchev–Trinajstić information content (AvgIpc) is 2.73. The summed E-state index contributed by atoms with van der Waals surface area (Å²) in [4.78, 5) is 14.6. The van der Waals surface area contributed by atoms with Gasteiger partial charge in [0.2, 0.25) is 5.91 Å². The van der Waals surface area contributed by atoms with E-state index in [1.54, 1.807) is 0 Å². The van der Waals surface area contributed by atoms with Crippen molar-refractivity contribution in [2.75, 3.05) is 18.0 Å². The molecule has 1 saturated heterocycles. The Labute approximate surface area is 168 Å². The largest absolute Gasteiger partial charge is 0.355 e. The highest BCUT2D eigenvalue weighted by atomic mass is 16.1. The van der Waals surface area contributed by atoms with Crippen LogP contribution in [0.1, 0.15) is 46.5 Å². The Bertz CT molecular complexity index is 745. The second-order valence-corrected chi connectivity index (χ2v) is 8.15. The highest BCUT2D eigenvalue weighted by Crippen LogP contribution is 2.25. The normalized spacial score (nSPS) is 19.6. The van der Waals surface area contributed by atoms with E-state index in [-0.39, 0.29) is 11.9 Å². The van der Waals surface area contributed by atoms with E-state index in [0.29, 0.717) is 18.3 Å². The molecule has 5 heteroatoms. The predicted molar refractivity (Wildman–Crippen MR) is 114 cm³/mol. The van der Waals surface area contributed by atoms with Crippen LogP contribution in [0.5, 0.6) is 0 Å². The molecule has 1 aliphatic heterocycles. The maximum absolute atomic E-state index is 12.3. The van der Waals surface area contributed by atoms with E-state index in [0.717, 1.165) is 49.4 Å². The van der Waals surface area contributed by atoms with E-state index in [9.17, 15) is 4.79 Å². The fourth-order valence-corrected chi connectivity index (χ4v) is 3.80. The van der Waals surface area contributed by atoms with Crippen LogP contribution in [-0.2, 0) is 4.79 Å². The molecule has 1 amide bonds. The minimum Gasteiger partial charge on any atom is -0.355 e. The molecule has 2 atom stereocenters. The molecule has 2 heterocycles. The van der Waals surface area contributed by atoms with Crippen molar-refractivity contribution in [3.05, 3.63) is 42.5 Å². The van der Waals surface area contributed by atoms with Gasteiger partial charge in [0.25, 0.3) is 0 Å². The van der Waals surface area contributed by atoms with E-state index in [1.807, 2.05) is 36.4 Å². The standard InChI is InChI=1S/C23H32N4O/c1-4-18-16-27(15-14-20(18)24-23(28)13-10-17(2)3)22-12-11-21(25-26-22)19-8-6-5-7-9-19/h5-9,11-12,17-18,20H,4,10,13-16H2,1-3H3,(H,24,28)/t18-,20+/m1/s1. The topological polar surface area (TPSA) is 58.1 Å². The van der Waals surface area contributed by atoms with Crippen LogP contribution in [0.25, 0.3) is 11.3 Å². The molecule has 5 nitrogen and oxygen atoms in total. The number of aromatic nitrogens is 2. The van der Waals surface area contributed by atoms with E-state index in [1.165, 1.54) is 0 Å². The van der Waals surface area contributed by atoms with Crippen molar-refractivity contribution in [2.24, 2.45) is 11.8 Å². The summed E-state index contributed by atoms with van der Waals surface area (Å²) in [6, 6.07) is 14.5. The van der Waals surface area contributed by atoms with Gasteiger partial charge in [-0.3, -0.25) is 4.79 Å². The number of anilines is 1. The predicted octanol–water partition coefficient (Wildman–Crippen LogP) is 4.30. The number of nitrogens with one attached hydrogen (secondary N) is 1. The first-order valence-electron chi connectivity index (χ1n) is 10.5. The van der Waals surface area contributed by atoms with Gasteiger partial charge in [0.05, 0.1) is 5.69 Å². The molecule has 28 heavy (non-hydrogen) atoms. The number of hydrogen-bond acceptors (Lipinski definition) is 4. The highest BCUT2D eigenvalue weighted by molar-refractivity contribution is 5.76. The summed E-state index contributed by atoms with van der Waals surface area (Å²) in [7, 11) is 0. The van der Waals surface area contributed by atoms with Crippen LogP contribution in [0.15, 0.2) is 42.5 Å². The van der Waals surface area contributed by atoms with Gasteiger partial charge in [-0.2, -0.15) is 0 Å². The lowest BCUT2D eigenvalue weighted by atomic mass is 9.89. The SMILES string of the molecule is CC[C@@H]1CN(c2ccc(-c3ccccc3)nn2)CC[C@@H]1NC(=O)CCC(C)C. The number of hydrogen-bond donors (Lipinski definition) is 1. The van der Waals surface area contributed by atoms with Crippen molar-refractivity contribution in [1.82, 2.24) is 15.5 Å². The molecular weight excluding hydrogens is 348 g/mol. The summed E-state index contributed by atoms with van der Waals surface area (Å²) in [5.41, 5.74) is 1.97. The fourth-order valence-electron chi connectivity index (χ4n) is 3.80. The van der Waals surface area contributed by atoms with Crippen LogP contribution in [0.3, 0.4) is 0 Å². The Morgan fingerprint density at radius 2 is 1.96 bits per heavy atom. The van der Waals surface area contributed by atoms with Crippen LogP contribution in [-0.4, -0.2) is 35.2 Å². The van der Waals surface area contributed by atoms with Gasteiger partial charge in [-0.25, -0.2) is 0 Å². The number of carbonyl (C=O) groups excluding carboxylic acids is 1. The quantitative estimate of drug-likeness (QED) is 0.778. The van der Waals surface area contributed by atoms with Crippen molar-refractivity contribution in [1.29, 1.82) is 0 Å². The molecule has 0 radical (unpaired) electrons. The zero-order valence-corrected chi connectivity index (χ0v) is 17.3. The van der Waals surface area contributed by atoms with E-state index in [4.69, 9.17) is 0 Å². The molecule has 1 N–H and O–H groups in total. The number of amides is 1. The lowest BCUT2D eigenvalue weighted by Crippen LogP contribution is -2.51. The Hall–Kier alpha value is -2.43. The van der Waals surface area contributed by atoms with E-state index >= 15 is 0 Å². The molecule has 3 rings (SSSR count). The van der Waals surface area contributed by atoms with Crippen molar-refractivity contribution < 1.29 is 4.79 Å². The van der Waals surface area contributed by atoms with Crippen molar-refractivity contribution >= 4 is 11.7 Å². The lowest BCUT2D eigenvalue weighted by Gasteiger charge is -2.39. The van der Waals surface area contributed by atoms with Gasteiger partial charge >= 0.3 is 0 Å². The van der Waals surface area contributed by atoms with Crippen molar-refractivity contribution in [2.45, 2.75) is 52.5 Å². The Balaban J connectivity index is 1.59. The van der Waals surface area contributed by atoms with Crippen LogP contribution in [0.2, 0.25) is 0 Å². The van der Waals surface area contributed by atoms with Crippen molar-refractivity contribution in [3.8, 4) is 11.3 Å². The van der Waals surface area contributed by atoms with Gasteiger partial charge in [0.1, 0.15) is 0 Å². The Kier molecular flexibility index (Phi) is 7.01. The molecule has 1 fully saturated rings. The second kappa shape index (κ2) is 9.67. The molecule has 1 aromatic heterocycles. The minimum atomic E-state index is 0.192. The maximum Gasteiger partial charge on any atom is 0.220 e. The molecule has 0 aliphatic carbocycles. The third kappa shape index (κ3) is 5.31.